The number of Topliss-reactive ketones (excluding diaryl/α,β-unsaturated/α-hetero) is 1. The molecule has 1 N–H and O–H groups in total. The van der Waals surface area contributed by atoms with E-state index in [1.54, 1.807) is 18.2 Å². The molecule has 0 aliphatic carbocycles. The molecule has 0 radical (unpaired) electrons. The van der Waals surface area contributed by atoms with Gasteiger partial charge in [0.15, 0.2) is 5.78 Å². The van der Waals surface area contributed by atoms with Crippen molar-refractivity contribution in [3.8, 4) is 0 Å². The van der Waals surface area contributed by atoms with E-state index >= 15 is 0 Å². The van der Waals surface area contributed by atoms with E-state index in [1.165, 1.54) is 0 Å². The number of ketones is 1. The molecule has 1 heterocycles. The minimum Gasteiger partial charge on any atom is -0.370 e. The van der Waals surface area contributed by atoms with Crippen LogP contribution < -0.4 is 5.32 Å². The lowest BCUT2D eigenvalue weighted by Gasteiger charge is -2.22. The molecule has 0 bridgehead atoms. The van der Waals surface area contributed by atoms with Crippen molar-refractivity contribution in [2.24, 2.45) is 0 Å². The topological polar surface area (TPSA) is 38.3 Å². The van der Waals surface area contributed by atoms with Crippen molar-refractivity contribution < 1.29 is 9.53 Å². The summed E-state index contributed by atoms with van der Waals surface area (Å²) in [6, 6.07) is 5.15. The Labute approximate surface area is 123 Å². The SMILES string of the molecule is O=C(COC1CCNCC1)Cc1cc(Cl)ccc1Cl. The van der Waals surface area contributed by atoms with Crippen LogP contribution in [0.4, 0.5) is 0 Å². The first kappa shape index (κ1) is 14.8. The predicted molar refractivity (Wildman–Crippen MR) is 77.0 cm³/mol. The third kappa shape index (κ3) is 4.77. The number of hydrogen-bond donors (Lipinski definition) is 1. The third-order valence-corrected chi connectivity index (χ3v) is 3.77. The van der Waals surface area contributed by atoms with Crippen LogP contribution in [0.25, 0.3) is 0 Å². The Morgan fingerprint density at radius 1 is 1.32 bits per heavy atom. The second-order valence-corrected chi connectivity index (χ2v) is 5.56. The van der Waals surface area contributed by atoms with Gasteiger partial charge in [-0.2, -0.15) is 0 Å². The van der Waals surface area contributed by atoms with Gasteiger partial charge in [-0.3, -0.25) is 4.79 Å². The number of benzene rings is 1. The van der Waals surface area contributed by atoms with Crippen LogP contribution in [0.15, 0.2) is 18.2 Å². The number of ether oxygens (including phenoxy) is 1. The van der Waals surface area contributed by atoms with E-state index < -0.39 is 0 Å². The smallest absolute Gasteiger partial charge is 0.162 e. The van der Waals surface area contributed by atoms with Gasteiger partial charge in [-0.25, -0.2) is 0 Å². The average molecular weight is 302 g/mol. The number of hydrogen-bond acceptors (Lipinski definition) is 3. The van der Waals surface area contributed by atoms with E-state index in [9.17, 15) is 4.79 Å². The van der Waals surface area contributed by atoms with Gasteiger partial charge in [0.05, 0.1) is 6.10 Å². The molecule has 5 heteroatoms. The van der Waals surface area contributed by atoms with E-state index in [2.05, 4.69) is 5.32 Å². The second-order valence-electron chi connectivity index (χ2n) is 4.71. The van der Waals surface area contributed by atoms with Gasteiger partial charge in [0.2, 0.25) is 0 Å². The molecule has 3 nitrogen and oxygen atoms in total. The number of carbonyl (C=O) groups is 1. The largest absolute Gasteiger partial charge is 0.370 e. The summed E-state index contributed by atoms with van der Waals surface area (Å²) < 4.78 is 5.62. The number of piperidine rings is 1. The Balaban J connectivity index is 1.81. The molecule has 1 aliphatic rings. The highest BCUT2D eigenvalue weighted by Crippen LogP contribution is 2.21. The molecule has 0 saturated carbocycles. The molecule has 0 aromatic heterocycles. The highest BCUT2D eigenvalue weighted by Gasteiger charge is 2.15. The van der Waals surface area contributed by atoms with Crippen molar-refractivity contribution in [1.82, 2.24) is 5.32 Å². The maximum atomic E-state index is 11.9. The summed E-state index contributed by atoms with van der Waals surface area (Å²) in [4.78, 5) is 11.9. The summed E-state index contributed by atoms with van der Waals surface area (Å²) in [7, 11) is 0. The van der Waals surface area contributed by atoms with Crippen molar-refractivity contribution in [3.63, 3.8) is 0 Å². The van der Waals surface area contributed by atoms with Crippen molar-refractivity contribution in [2.75, 3.05) is 19.7 Å². The number of halogens is 2. The average Bonchev–Trinajstić information content (AvgIpc) is 2.42. The first-order valence-corrected chi connectivity index (χ1v) is 7.18. The van der Waals surface area contributed by atoms with Gasteiger partial charge in [-0.05, 0) is 49.7 Å². The fourth-order valence-electron chi connectivity index (χ4n) is 2.12. The van der Waals surface area contributed by atoms with E-state index in [0.29, 0.717) is 10.0 Å². The molecule has 1 fully saturated rings. The standard InChI is InChI=1S/C14H17Cl2NO2/c15-11-1-2-14(16)10(7-11)8-12(18)9-19-13-3-5-17-6-4-13/h1-2,7,13,17H,3-6,8-9H2. The lowest BCUT2D eigenvalue weighted by Crippen LogP contribution is -2.33. The Morgan fingerprint density at radius 3 is 2.79 bits per heavy atom. The minimum atomic E-state index is 0.0303. The van der Waals surface area contributed by atoms with Gasteiger partial charge in [-0.15, -0.1) is 0 Å². The van der Waals surface area contributed by atoms with E-state index in [-0.39, 0.29) is 24.9 Å². The van der Waals surface area contributed by atoms with Crippen molar-refractivity contribution in [3.05, 3.63) is 33.8 Å². The lowest BCUT2D eigenvalue weighted by atomic mass is 10.1. The molecule has 0 amide bonds. The number of nitrogens with one attached hydrogen (secondary N) is 1. The highest BCUT2D eigenvalue weighted by atomic mass is 35.5. The number of rotatable bonds is 5. The zero-order valence-electron chi connectivity index (χ0n) is 10.6. The molecule has 0 spiro atoms. The molecular formula is C14H17Cl2NO2. The fraction of sp³-hybridized carbons (Fsp3) is 0.500. The highest BCUT2D eigenvalue weighted by molar-refractivity contribution is 6.33. The molecule has 0 unspecified atom stereocenters. The van der Waals surface area contributed by atoms with E-state index in [0.717, 1.165) is 31.5 Å². The van der Waals surface area contributed by atoms with Crippen LogP contribution in [-0.2, 0) is 16.0 Å². The Morgan fingerprint density at radius 2 is 2.05 bits per heavy atom. The molecular weight excluding hydrogens is 285 g/mol. The van der Waals surface area contributed by atoms with Gasteiger partial charge < -0.3 is 10.1 Å². The van der Waals surface area contributed by atoms with E-state index in [1.807, 2.05) is 0 Å². The summed E-state index contributed by atoms with van der Waals surface area (Å²) >= 11 is 11.9. The fourth-order valence-corrected chi connectivity index (χ4v) is 2.49. The second kappa shape index (κ2) is 7.25. The van der Waals surface area contributed by atoms with Crippen molar-refractivity contribution in [1.29, 1.82) is 0 Å². The maximum absolute atomic E-state index is 11.9. The molecule has 1 aromatic rings. The summed E-state index contributed by atoms with van der Waals surface area (Å²) in [6.45, 7) is 2.06. The van der Waals surface area contributed by atoms with Crippen LogP contribution in [-0.4, -0.2) is 31.6 Å². The van der Waals surface area contributed by atoms with Crippen LogP contribution in [0.1, 0.15) is 18.4 Å². The molecule has 19 heavy (non-hydrogen) atoms. The monoisotopic (exact) mass is 301 g/mol. The summed E-state index contributed by atoms with van der Waals surface area (Å²) in [5, 5.41) is 4.42. The number of carbonyl (C=O) groups excluding carboxylic acids is 1. The first-order chi connectivity index (χ1) is 9.15. The quantitative estimate of drug-likeness (QED) is 0.909. The lowest BCUT2D eigenvalue weighted by molar-refractivity contribution is -0.125. The molecule has 2 rings (SSSR count). The van der Waals surface area contributed by atoms with Crippen LogP contribution in [0.2, 0.25) is 10.0 Å². The normalized spacial score (nSPS) is 16.5. The van der Waals surface area contributed by atoms with Crippen molar-refractivity contribution in [2.45, 2.75) is 25.4 Å². The molecule has 1 saturated heterocycles. The third-order valence-electron chi connectivity index (χ3n) is 3.16. The Hall–Kier alpha value is -0.610. The zero-order chi connectivity index (χ0) is 13.7. The van der Waals surface area contributed by atoms with Crippen LogP contribution in [0.5, 0.6) is 0 Å². The van der Waals surface area contributed by atoms with Gasteiger partial charge >= 0.3 is 0 Å². The van der Waals surface area contributed by atoms with Gasteiger partial charge in [0.25, 0.3) is 0 Å². The van der Waals surface area contributed by atoms with Crippen molar-refractivity contribution >= 4 is 29.0 Å². The minimum absolute atomic E-state index is 0.0303. The van der Waals surface area contributed by atoms with Gasteiger partial charge in [-0.1, -0.05) is 23.2 Å². The van der Waals surface area contributed by atoms with Crippen LogP contribution >= 0.6 is 23.2 Å². The van der Waals surface area contributed by atoms with Gasteiger partial charge in [0, 0.05) is 16.5 Å². The Bertz CT molecular complexity index is 445. The molecule has 0 atom stereocenters. The van der Waals surface area contributed by atoms with E-state index in [4.69, 9.17) is 27.9 Å². The maximum Gasteiger partial charge on any atom is 0.162 e. The van der Waals surface area contributed by atoms with Crippen LogP contribution in [0.3, 0.4) is 0 Å². The summed E-state index contributed by atoms with van der Waals surface area (Å²) in [6.07, 6.45) is 2.39. The first-order valence-electron chi connectivity index (χ1n) is 6.43. The molecule has 1 aliphatic heterocycles. The van der Waals surface area contributed by atoms with Crippen LogP contribution in [0, 0.1) is 0 Å². The molecule has 1 aromatic carbocycles. The summed E-state index contributed by atoms with van der Waals surface area (Å²) in [5.74, 6) is 0.0303. The molecule has 104 valence electrons. The van der Waals surface area contributed by atoms with Gasteiger partial charge in [0.1, 0.15) is 6.61 Å². The Kier molecular flexibility index (Phi) is 5.64. The predicted octanol–water partition coefficient (Wildman–Crippen LogP) is 2.87. The summed E-state index contributed by atoms with van der Waals surface area (Å²) in [5.41, 5.74) is 0.757. The zero-order valence-corrected chi connectivity index (χ0v) is 12.1.